The Morgan fingerprint density at radius 2 is 2.00 bits per heavy atom. The fraction of sp³-hybridized carbons (Fsp3) is 0.150. The van der Waals surface area contributed by atoms with Crippen molar-refractivity contribution in [3.63, 3.8) is 0 Å². The summed E-state index contributed by atoms with van der Waals surface area (Å²) >= 11 is 1.35. The first kappa shape index (κ1) is 20.9. The van der Waals surface area contributed by atoms with E-state index in [0.717, 1.165) is 11.4 Å². The molecule has 10 heteroatoms. The molecular formula is C20H19N5O4S. The number of aromatic amines is 1. The summed E-state index contributed by atoms with van der Waals surface area (Å²) in [6, 6.07) is 11.5. The van der Waals surface area contributed by atoms with Crippen LogP contribution in [-0.4, -0.2) is 49.0 Å². The first-order valence-corrected chi connectivity index (χ1v) is 9.71. The van der Waals surface area contributed by atoms with Gasteiger partial charge in [-0.05, 0) is 11.4 Å². The molecule has 0 aliphatic rings. The number of amides is 1. The van der Waals surface area contributed by atoms with Gasteiger partial charge in [0, 0.05) is 19.7 Å². The maximum atomic E-state index is 12.9. The van der Waals surface area contributed by atoms with E-state index in [0.29, 0.717) is 21.7 Å². The average molecular weight is 425 g/mol. The topological polar surface area (TPSA) is 121 Å². The van der Waals surface area contributed by atoms with Crippen molar-refractivity contribution in [3.05, 3.63) is 69.8 Å². The van der Waals surface area contributed by atoms with E-state index in [4.69, 9.17) is 9.90 Å². The zero-order valence-electron chi connectivity index (χ0n) is 16.3. The highest BCUT2D eigenvalue weighted by molar-refractivity contribution is 7.17. The highest BCUT2D eigenvalue weighted by atomic mass is 32.1. The van der Waals surface area contributed by atoms with Gasteiger partial charge in [0.15, 0.2) is 0 Å². The summed E-state index contributed by atoms with van der Waals surface area (Å²) in [5.74, 6) is 0.978. The molecule has 0 radical (unpaired) electrons. The fourth-order valence-corrected chi connectivity index (χ4v) is 3.68. The number of imidazole rings is 1. The van der Waals surface area contributed by atoms with Crippen LogP contribution in [0.2, 0.25) is 0 Å². The summed E-state index contributed by atoms with van der Waals surface area (Å²) in [6.45, 7) is -0.0499. The number of fused-ring (bicyclic) bond motifs is 1. The van der Waals surface area contributed by atoms with E-state index < -0.39 is 0 Å². The van der Waals surface area contributed by atoms with E-state index in [-0.39, 0.29) is 24.5 Å². The minimum Gasteiger partial charge on any atom is -0.483 e. The summed E-state index contributed by atoms with van der Waals surface area (Å²) in [7, 11) is 3.49. The Labute approximate surface area is 175 Å². The quantitative estimate of drug-likeness (QED) is 0.484. The van der Waals surface area contributed by atoms with Crippen LogP contribution in [0, 0.1) is 0 Å². The van der Waals surface area contributed by atoms with Gasteiger partial charge in [0.1, 0.15) is 22.0 Å². The smallest absolute Gasteiger partial charge is 0.290 e. The number of aromatic nitrogens is 4. The molecule has 9 nitrogen and oxygen atoms in total. The third-order valence-corrected chi connectivity index (χ3v) is 5.24. The minimum absolute atomic E-state index is 0.183. The molecule has 4 aromatic rings. The molecule has 0 fully saturated rings. The van der Waals surface area contributed by atoms with Crippen LogP contribution < -0.4 is 5.56 Å². The second-order valence-electron chi connectivity index (χ2n) is 6.31. The van der Waals surface area contributed by atoms with Crippen LogP contribution >= 0.6 is 11.3 Å². The molecule has 4 rings (SSSR count). The Morgan fingerprint density at radius 1 is 1.30 bits per heavy atom. The van der Waals surface area contributed by atoms with Gasteiger partial charge >= 0.3 is 0 Å². The van der Waals surface area contributed by atoms with Gasteiger partial charge in [0.2, 0.25) is 0 Å². The Morgan fingerprint density at radius 3 is 2.70 bits per heavy atom. The van der Waals surface area contributed by atoms with Crippen molar-refractivity contribution in [1.29, 1.82) is 0 Å². The van der Waals surface area contributed by atoms with Crippen molar-refractivity contribution < 1.29 is 14.7 Å². The number of carbonyl (C=O) groups excluding carboxylic acids is 1. The number of hydrogen-bond acceptors (Lipinski definition) is 6. The fourth-order valence-electron chi connectivity index (χ4n) is 2.95. The summed E-state index contributed by atoms with van der Waals surface area (Å²) in [5, 5.41) is 8.71. The van der Waals surface area contributed by atoms with Crippen LogP contribution in [0.5, 0.6) is 0 Å². The van der Waals surface area contributed by atoms with Crippen LogP contribution in [0.25, 0.3) is 21.6 Å². The predicted molar refractivity (Wildman–Crippen MR) is 113 cm³/mol. The van der Waals surface area contributed by atoms with Crippen molar-refractivity contribution in [2.75, 3.05) is 7.05 Å². The summed E-state index contributed by atoms with van der Waals surface area (Å²) in [4.78, 5) is 46.4. The van der Waals surface area contributed by atoms with Gasteiger partial charge in [-0.3, -0.25) is 14.4 Å². The molecule has 0 unspecified atom stereocenters. The van der Waals surface area contributed by atoms with Gasteiger partial charge in [-0.2, -0.15) is 0 Å². The third-order valence-electron chi connectivity index (χ3n) is 4.34. The normalized spacial score (nSPS) is 10.3. The van der Waals surface area contributed by atoms with Crippen LogP contribution in [0.15, 0.2) is 52.8 Å². The second-order valence-corrected chi connectivity index (χ2v) is 7.22. The zero-order valence-corrected chi connectivity index (χ0v) is 17.1. The Balaban J connectivity index is 0.000000806. The van der Waals surface area contributed by atoms with E-state index in [9.17, 15) is 9.59 Å². The summed E-state index contributed by atoms with van der Waals surface area (Å²) in [5.41, 5.74) is 1.87. The summed E-state index contributed by atoms with van der Waals surface area (Å²) < 4.78 is 2.36. The molecule has 1 amide bonds. The van der Waals surface area contributed by atoms with Crippen LogP contribution in [0.3, 0.4) is 0 Å². The van der Waals surface area contributed by atoms with Crippen LogP contribution in [0.1, 0.15) is 16.3 Å². The lowest BCUT2D eigenvalue weighted by molar-refractivity contribution is -0.122. The van der Waals surface area contributed by atoms with Gasteiger partial charge in [-0.1, -0.05) is 30.3 Å². The van der Waals surface area contributed by atoms with E-state index >= 15 is 0 Å². The van der Waals surface area contributed by atoms with E-state index in [1.165, 1.54) is 16.2 Å². The number of nitrogens with zero attached hydrogens (tertiary/aromatic N) is 4. The molecular weight excluding hydrogens is 406 g/mol. The van der Waals surface area contributed by atoms with Crippen molar-refractivity contribution in [2.45, 2.75) is 6.54 Å². The SMILES string of the molecule is CN(Cc1nc2ccsc2c(=O)[nH]1)C(=O)c1cnc(-c2ccccc2)n1C.O=CO. The second kappa shape index (κ2) is 9.14. The predicted octanol–water partition coefficient (Wildman–Crippen LogP) is 2.36. The van der Waals surface area contributed by atoms with Crippen molar-refractivity contribution in [1.82, 2.24) is 24.4 Å². The average Bonchev–Trinajstić information content (AvgIpc) is 3.35. The Hall–Kier alpha value is -3.79. The molecule has 3 aromatic heterocycles. The number of carboxylic acid groups (broad SMARTS) is 1. The number of rotatable bonds is 4. The molecule has 3 heterocycles. The number of H-pyrrole nitrogens is 1. The van der Waals surface area contributed by atoms with Gasteiger partial charge < -0.3 is 19.6 Å². The number of thiophene rings is 1. The Kier molecular flexibility index (Phi) is 6.38. The third kappa shape index (κ3) is 4.28. The van der Waals surface area contributed by atoms with Gasteiger partial charge in [0.25, 0.3) is 17.9 Å². The van der Waals surface area contributed by atoms with Gasteiger partial charge in [-0.25, -0.2) is 9.97 Å². The summed E-state index contributed by atoms with van der Waals surface area (Å²) in [6.07, 6.45) is 1.57. The molecule has 0 spiro atoms. The van der Waals surface area contributed by atoms with Crippen molar-refractivity contribution in [3.8, 4) is 11.4 Å². The lowest BCUT2D eigenvalue weighted by Gasteiger charge is -2.17. The van der Waals surface area contributed by atoms with E-state index in [1.807, 2.05) is 42.8 Å². The van der Waals surface area contributed by atoms with Crippen molar-refractivity contribution in [2.24, 2.45) is 7.05 Å². The van der Waals surface area contributed by atoms with Gasteiger partial charge in [-0.15, -0.1) is 11.3 Å². The zero-order chi connectivity index (χ0) is 21.7. The molecule has 0 atom stereocenters. The first-order valence-electron chi connectivity index (χ1n) is 8.83. The molecule has 30 heavy (non-hydrogen) atoms. The number of carbonyl (C=O) groups is 2. The van der Waals surface area contributed by atoms with E-state index in [2.05, 4.69) is 15.0 Å². The monoisotopic (exact) mass is 425 g/mol. The Bertz CT molecular complexity index is 1230. The molecule has 0 saturated carbocycles. The first-order chi connectivity index (χ1) is 14.5. The molecule has 154 valence electrons. The molecule has 0 aliphatic heterocycles. The van der Waals surface area contributed by atoms with E-state index in [1.54, 1.807) is 23.9 Å². The number of nitrogens with one attached hydrogen (secondary N) is 1. The van der Waals surface area contributed by atoms with Crippen LogP contribution in [-0.2, 0) is 18.4 Å². The molecule has 0 aliphatic carbocycles. The minimum atomic E-state index is -0.250. The number of hydrogen-bond donors (Lipinski definition) is 2. The molecule has 1 aromatic carbocycles. The highest BCUT2D eigenvalue weighted by Gasteiger charge is 2.19. The lowest BCUT2D eigenvalue weighted by Crippen LogP contribution is -2.29. The van der Waals surface area contributed by atoms with Crippen molar-refractivity contribution >= 4 is 33.9 Å². The lowest BCUT2D eigenvalue weighted by atomic mass is 10.2. The molecule has 0 bridgehead atoms. The van der Waals surface area contributed by atoms with Crippen LogP contribution in [0.4, 0.5) is 0 Å². The highest BCUT2D eigenvalue weighted by Crippen LogP contribution is 2.19. The standard InChI is InChI=1S/C19H17N5O2S.CH2O2/c1-23(11-15-21-13-8-9-27-16(13)18(25)22-15)19(26)14-10-20-17(24(14)2)12-6-4-3-5-7-12;2-1-3/h3-10H,11H2,1-2H3,(H,21,22,25);1H,(H,2,3). The maximum Gasteiger partial charge on any atom is 0.290 e. The van der Waals surface area contributed by atoms with Gasteiger partial charge in [0.05, 0.1) is 18.3 Å². The largest absolute Gasteiger partial charge is 0.483 e. The maximum absolute atomic E-state index is 12.9. The molecule has 2 N–H and O–H groups in total. The number of benzene rings is 1. The molecule has 0 saturated heterocycles.